The molecule has 0 aliphatic heterocycles. The minimum absolute atomic E-state index is 0.0112. The highest BCUT2D eigenvalue weighted by Gasteiger charge is 2.14. The number of nitrogens with zero attached hydrogens (tertiary/aromatic N) is 3. The van der Waals surface area contributed by atoms with Crippen LogP contribution < -0.4 is 10.3 Å². The molecule has 7 nitrogen and oxygen atoms in total. The number of halogens is 2. The van der Waals surface area contributed by atoms with E-state index < -0.39 is 5.97 Å². The Bertz CT molecular complexity index is 1190. The van der Waals surface area contributed by atoms with Gasteiger partial charge in [-0.1, -0.05) is 29.8 Å². The molecule has 0 radical (unpaired) electrons. The van der Waals surface area contributed by atoms with Crippen LogP contribution in [0.4, 0.5) is 0 Å². The molecule has 3 rings (SSSR count). The van der Waals surface area contributed by atoms with Crippen molar-refractivity contribution in [3.8, 4) is 5.75 Å². The van der Waals surface area contributed by atoms with E-state index in [1.165, 1.54) is 11.8 Å². The molecule has 0 fully saturated rings. The lowest BCUT2D eigenvalue weighted by Crippen LogP contribution is -2.23. The predicted octanol–water partition coefficient (Wildman–Crippen LogP) is 4.32. The molecule has 0 N–H and O–H groups in total. The first-order valence-corrected chi connectivity index (χ1v) is 10.9. The molecule has 156 valence electrons. The zero-order chi connectivity index (χ0) is 21.8. The van der Waals surface area contributed by atoms with Gasteiger partial charge in [0.1, 0.15) is 11.6 Å². The fraction of sp³-hybridized carbons (Fsp3) is 0.238. The Morgan fingerprint density at radius 1 is 1.30 bits per heavy atom. The minimum Gasteiger partial charge on any atom is -0.481 e. The molecule has 0 aliphatic carbocycles. The van der Waals surface area contributed by atoms with Crippen molar-refractivity contribution in [1.29, 1.82) is 0 Å². The van der Waals surface area contributed by atoms with Crippen LogP contribution in [0.2, 0.25) is 0 Å². The van der Waals surface area contributed by atoms with Gasteiger partial charge in [0, 0.05) is 10.4 Å². The van der Waals surface area contributed by atoms with Gasteiger partial charge in [-0.2, -0.15) is 9.78 Å². The highest BCUT2D eigenvalue weighted by molar-refractivity contribution is 14.1. The van der Waals surface area contributed by atoms with Gasteiger partial charge < -0.3 is 9.47 Å². The molecule has 0 saturated carbocycles. The summed E-state index contributed by atoms with van der Waals surface area (Å²) in [6.45, 7) is 3.77. The summed E-state index contributed by atoms with van der Waals surface area (Å²) >= 11 is 5.51. The van der Waals surface area contributed by atoms with Crippen LogP contribution in [0.25, 0.3) is 10.9 Å². The lowest BCUT2D eigenvalue weighted by atomic mass is 10.2. The van der Waals surface area contributed by atoms with Gasteiger partial charge in [-0.15, -0.1) is 0 Å². The number of esters is 1. The lowest BCUT2D eigenvalue weighted by molar-refractivity contribution is -0.142. The van der Waals surface area contributed by atoms with E-state index in [4.69, 9.17) is 4.74 Å². The molecule has 0 unspecified atom stereocenters. The Morgan fingerprint density at radius 3 is 2.73 bits per heavy atom. The molecule has 0 spiro atoms. The number of rotatable bonds is 6. The van der Waals surface area contributed by atoms with Crippen LogP contribution in [0.1, 0.15) is 31.2 Å². The van der Waals surface area contributed by atoms with Crippen LogP contribution >= 0.6 is 38.5 Å². The Kier molecular flexibility index (Phi) is 7.24. The first kappa shape index (κ1) is 22.4. The third kappa shape index (κ3) is 5.07. The molecule has 0 saturated heterocycles. The number of benzene rings is 2. The SMILES string of the molecule is COC(=O)COc1ccc(C=Nn2c(C(C)C)nc3ccc(Br)cc3c2=O)cc1I. The van der Waals surface area contributed by atoms with Gasteiger partial charge in [-0.05, 0) is 64.6 Å². The smallest absolute Gasteiger partial charge is 0.343 e. The number of hydrogen-bond donors (Lipinski definition) is 0. The van der Waals surface area contributed by atoms with Crippen LogP contribution in [0.5, 0.6) is 5.75 Å². The molecule has 1 heterocycles. The molecule has 9 heteroatoms. The molecule has 0 amide bonds. The summed E-state index contributed by atoms with van der Waals surface area (Å²) in [7, 11) is 1.31. The first-order valence-electron chi connectivity index (χ1n) is 9.06. The number of ether oxygens (including phenoxy) is 2. The van der Waals surface area contributed by atoms with Gasteiger partial charge in [0.25, 0.3) is 5.56 Å². The Hall–Kier alpha value is -2.27. The topological polar surface area (TPSA) is 82.8 Å². The monoisotopic (exact) mass is 583 g/mol. The first-order chi connectivity index (χ1) is 14.3. The van der Waals surface area contributed by atoms with Gasteiger partial charge in [0.2, 0.25) is 0 Å². The number of hydrogen-bond acceptors (Lipinski definition) is 6. The zero-order valence-electron chi connectivity index (χ0n) is 16.6. The maximum atomic E-state index is 13.0. The van der Waals surface area contributed by atoms with Crippen LogP contribution in [0, 0.1) is 3.57 Å². The van der Waals surface area contributed by atoms with E-state index in [1.54, 1.807) is 24.4 Å². The maximum Gasteiger partial charge on any atom is 0.343 e. The van der Waals surface area contributed by atoms with Crippen LogP contribution in [-0.2, 0) is 9.53 Å². The molecular formula is C21H19BrIN3O4. The molecule has 1 aromatic heterocycles. The third-order valence-electron chi connectivity index (χ3n) is 4.20. The van der Waals surface area contributed by atoms with Crippen LogP contribution in [-0.4, -0.2) is 35.6 Å². The van der Waals surface area contributed by atoms with E-state index in [0.29, 0.717) is 22.5 Å². The summed E-state index contributed by atoms with van der Waals surface area (Å²) in [5.74, 6) is 0.707. The Morgan fingerprint density at radius 2 is 2.07 bits per heavy atom. The third-order valence-corrected chi connectivity index (χ3v) is 5.54. The largest absolute Gasteiger partial charge is 0.481 e. The van der Waals surface area contributed by atoms with Crippen LogP contribution in [0.3, 0.4) is 0 Å². The van der Waals surface area contributed by atoms with Gasteiger partial charge in [0.15, 0.2) is 6.61 Å². The summed E-state index contributed by atoms with van der Waals surface area (Å²) < 4.78 is 13.0. The second-order valence-electron chi connectivity index (χ2n) is 6.70. The predicted molar refractivity (Wildman–Crippen MR) is 127 cm³/mol. The fourth-order valence-corrected chi connectivity index (χ4v) is 3.74. The van der Waals surface area contributed by atoms with Crippen molar-refractivity contribution in [3.05, 3.63) is 66.2 Å². The number of methoxy groups -OCH3 is 1. The van der Waals surface area contributed by atoms with E-state index in [2.05, 4.69) is 53.3 Å². The summed E-state index contributed by atoms with van der Waals surface area (Å²) in [5, 5.41) is 4.91. The maximum absolute atomic E-state index is 13.0. The highest BCUT2D eigenvalue weighted by atomic mass is 127. The van der Waals surface area contributed by atoms with Crippen molar-refractivity contribution in [2.45, 2.75) is 19.8 Å². The molecule has 3 aromatic rings. The number of aromatic nitrogens is 2. The van der Waals surface area contributed by atoms with E-state index in [-0.39, 0.29) is 18.1 Å². The van der Waals surface area contributed by atoms with Gasteiger partial charge in [0.05, 0.1) is 27.8 Å². The summed E-state index contributed by atoms with van der Waals surface area (Å²) in [6.07, 6.45) is 1.60. The number of carbonyl (C=O) groups is 1. The van der Waals surface area contributed by atoms with E-state index in [9.17, 15) is 9.59 Å². The average Bonchev–Trinajstić information content (AvgIpc) is 2.72. The van der Waals surface area contributed by atoms with Gasteiger partial charge in [-0.3, -0.25) is 4.79 Å². The number of carbonyl (C=O) groups excluding carboxylic acids is 1. The van der Waals surface area contributed by atoms with Crippen molar-refractivity contribution in [1.82, 2.24) is 9.66 Å². The lowest BCUT2D eigenvalue weighted by Gasteiger charge is -2.12. The van der Waals surface area contributed by atoms with E-state index in [0.717, 1.165) is 13.6 Å². The average molecular weight is 584 g/mol. The molecule has 0 atom stereocenters. The molecule has 0 bridgehead atoms. The van der Waals surface area contributed by atoms with Crippen molar-refractivity contribution < 1.29 is 14.3 Å². The minimum atomic E-state index is -0.451. The van der Waals surface area contributed by atoms with Gasteiger partial charge >= 0.3 is 5.97 Å². The normalized spacial score (nSPS) is 11.4. The fourth-order valence-electron chi connectivity index (χ4n) is 2.69. The molecule has 2 aromatic carbocycles. The zero-order valence-corrected chi connectivity index (χ0v) is 20.3. The summed E-state index contributed by atoms with van der Waals surface area (Å²) in [6, 6.07) is 10.8. The molecule has 30 heavy (non-hydrogen) atoms. The van der Waals surface area contributed by atoms with Crippen molar-refractivity contribution in [2.75, 3.05) is 13.7 Å². The van der Waals surface area contributed by atoms with Crippen LogP contribution in [0.15, 0.2) is 50.8 Å². The van der Waals surface area contributed by atoms with Gasteiger partial charge in [-0.25, -0.2) is 9.78 Å². The molecular weight excluding hydrogens is 565 g/mol. The van der Waals surface area contributed by atoms with E-state index >= 15 is 0 Å². The Balaban J connectivity index is 1.96. The second-order valence-corrected chi connectivity index (χ2v) is 8.78. The quantitative estimate of drug-likeness (QED) is 0.245. The second kappa shape index (κ2) is 9.69. The summed E-state index contributed by atoms with van der Waals surface area (Å²) in [4.78, 5) is 28.9. The van der Waals surface area contributed by atoms with E-state index in [1.807, 2.05) is 32.0 Å². The number of fused-ring (bicyclic) bond motifs is 1. The van der Waals surface area contributed by atoms with Crippen molar-refractivity contribution in [2.24, 2.45) is 5.10 Å². The standard InChI is InChI=1S/C21H19BrIN3O4/c1-12(2)20-25-17-6-5-14(22)9-15(17)21(28)26(20)24-10-13-4-7-18(16(23)8-13)30-11-19(27)29-3/h4-10,12H,11H2,1-3H3. The van der Waals surface area contributed by atoms with Crippen molar-refractivity contribution in [3.63, 3.8) is 0 Å². The molecule has 0 aliphatic rings. The Labute approximate surface area is 195 Å². The van der Waals surface area contributed by atoms with Crippen molar-refractivity contribution >= 4 is 61.6 Å². The summed E-state index contributed by atoms with van der Waals surface area (Å²) in [5.41, 5.74) is 1.19. The highest BCUT2D eigenvalue weighted by Crippen LogP contribution is 2.22.